The van der Waals surface area contributed by atoms with Crippen LogP contribution in [0.1, 0.15) is 25.0 Å². The summed E-state index contributed by atoms with van der Waals surface area (Å²) in [7, 11) is 0. The lowest BCUT2D eigenvalue weighted by atomic mass is 9.82. The molecular formula is C43H31NO. The third-order valence-electron chi connectivity index (χ3n) is 9.63. The average molecular weight is 578 g/mol. The lowest BCUT2D eigenvalue weighted by Gasteiger charge is -2.28. The third kappa shape index (κ3) is 3.89. The first kappa shape index (κ1) is 25.9. The number of fused-ring (bicyclic) bond motifs is 7. The second-order valence-corrected chi connectivity index (χ2v) is 12.6. The van der Waals surface area contributed by atoms with Crippen LogP contribution in [0, 0.1) is 0 Å². The highest BCUT2D eigenvalue weighted by Gasteiger charge is 2.35. The number of hydrogen-bond acceptors (Lipinski definition) is 2. The van der Waals surface area contributed by atoms with Gasteiger partial charge in [0.15, 0.2) is 0 Å². The Labute approximate surface area is 262 Å². The maximum absolute atomic E-state index is 6.83. The topological polar surface area (TPSA) is 16.4 Å². The molecule has 0 saturated carbocycles. The minimum atomic E-state index is -0.0805. The van der Waals surface area contributed by atoms with Gasteiger partial charge in [-0.3, -0.25) is 0 Å². The first-order valence-corrected chi connectivity index (χ1v) is 15.6. The Balaban J connectivity index is 1.26. The van der Waals surface area contributed by atoms with Gasteiger partial charge in [-0.2, -0.15) is 0 Å². The van der Waals surface area contributed by atoms with E-state index in [1.54, 1.807) is 0 Å². The van der Waals surface area contributed by atoms with E-state index in [-0.39, 0.29) is 5.41 Å². The zero-order valence-electron chi connectivity index (χ0n) is 25.3. The summed E-state index contributed by atoms with van der Waals surface area (Å²) in [5.41, 5.74) is 12.7. The van der Waals surface area contributed by atoms with E-state index in [0.717, 1.165) is 50.1 Å². The van der Waals surface area contributed by atoms with Crippen LogP contribution in [0.4, 0.5) is 17.1 Å². The van der Waals surface area contributed by atoms with Crippen LogP contribution in [0.25, 0.3) is 55.0 Å². The lowest BCUT2D eigenvalue weighted by molar-refractivity contribution is 0.660. The molecule has 0 atom stereocenters. The number of anilines is 3. The van der Waals surface area contributed by atoms with Crippen molar-refractivity contribution < 1.29 is 4.42 Å². The second kappa shape index (κ2) is 9.70. The molecule has 9 rings (SSSR count). The Morgan fingerprint density at radius 2 is 1.16 bits per heavy atom. The van der Waals surface area contributed by atoms with E-state index in [9.17, 15) is 0 Å². The quantitative estimate of drug-likeness (QED) is 0.207. The summed E-state index contributed by atoms with van der Waals surface area (Å²) in [6.45, 7) is 4.67. The molecule has 214 valence electrons. The fourth-order valence-electron chi connectivity index (χ4n) is 7.45. The van der Waals surface area contributed by atoms with Gasteiger partial charge in [0.2, 0.25) is 0 Å². The lowest BCUT2D eigenvalue weighted by Crippen LogP contribution is -2.16. The molecule has 0 saturated heterocycles. The third-order valence-corrected chi connectivity index (χ3v) is 9.63. The fraction of sp³-hybridized carbons (Fsp3) is 0.0698. The van der Waals surface area contributed by atoms with Crippen molar-refractivity contribution in [2.45, 2.75) is 19.3 Å². The summed E-state index contributed by atoms with van der Waals surface area (Å²) in [6, 6.07) is 54.5. The maximum Gasteiger partial charge on any atom is 0.143 e. The molecule has 1 heterocycles. The van der Waals surface area contributed by atoms with Crippen LogP contribution in [0.15, 0.2) is 156 Å². The predicted octanol–water partition coefficient (Wildman–Crippen LogP) is 12.2. The number of nitrogens with zero attached hydrogens (tertiary/aromatic N) is 1. The van der Waals surface area contributed by atoms with Crippen LogP contribution in [-0.4, -0.2) is 0 Å². The second-order valence-electron chi connectivity index (χ2n) is 12.6. The van der Waals surface area contributed by atoms with Gasteiger partial charge in [0.25, 0.3) is 0 Å². The molecule has 2 heteroatoms. The highest BCUT2D eigenvalue weighted by molar-refractivity contribution is 6.18. The normalized spacial score (nSPS) is 13.3. The van der Waals surface area contributed by atoms with Gasteiger partial charge >= 0.3 is 0 Å². The summed E-state index contributed by atoms with van der Waals surface area (Å²) in [6.07, 6.45) is 0. The van der Waals surface area contributed by atoms with Crippen molar-refractivity contribution in [1.29, 1.82) is 0 Å². The first-order valence-electron chi connectivity index (χ1n) is 15.6. The highest BCUT2D eigenvalue weighted by atomic mass is 16.3. The number of rotatable bonds is 4. The van der Waals surface area contributed by atoms with E-state index in [1.165, 1.54) is 33.0 Å². The predicted molar refractivity (Wildman–Crippen MR) is 189 cm³/mol. The van der Waals surface area contributed by atoms with Gasteiger partial charge in [-0.25, -0.2) is 0 Å². The minimum Gasteiger partial charge on any atom is -0.455 e. The summed E-state index contributed by atoms with van der Waals surface area (Å²) in [5, 5.41) is 4.67. The van der Waals surface area contributed by atoms with Gasteiger partial charge in [0.05, 0.1) is 0 Å². The van der Waals surface area contributed by atoms with E-state index in [2.05, 4.69) is 170 Å². The van der Waals surface area contributed by atoms with E-state index in [4.69, 9.17) is 4.42 Å². The Morgan fingerprint density at radius 1 is 0.489 bits per heavy atom. The molecule has 0 unspecified atom stereocenters. The van der Waals surface area contributed by atoms with Crippen molar-refractivity contribution in [2.75, 3.05) is 4.90 Å². The minimum absolute atomic E-state index is 0.0805. The van der Waals surface area contributed by atoms with E-state index < -0.39 is 0 Å². The zero-order valence-corrected chi connectivity index (χ0v) is 25.3. The SMILES string of the molecule is CC1(C)c2ccccc2-c2ccc(N(c3ccccc3)c3ccc4c(c3)oc3c(-c5ccccc5)c5ccccc5cc34)cc21. The standard InChI is InChI=1S/C43H31NO/c1-43(2)38-20-12-11-19-34(38)35-23-21-31(26-39(35)43)44(30-16-7-4-8-17-30)32-22-24-36-37-25-29-15-9-10-18-33(29)41(28-13-5-3-6-14-28)42(37)45-40(36)27-32/h3-27H,1-2H3. The summed E-state index contributed by atoms with van der Waals surface area (Å²) in [4.78, 5) is 2.35. The molecule has 0 amide bonds. The molecule has 0 bridgehead atoms. The van der Waals surface area contributed by atoms with Gasteiger partial charge in [-0.1, -0.05) is 117 Å². The number of hydrogen-bond donors (Lipinski definition) is 0. The number of furan rings is 1. The Morgan fingerprint density at radius 3 is 2.00 bits per heavy atom. The number of para-hydroxylation sites is 1. The van der Waals surface area contributed by atoms with Gasteiger partial charge in [-0.15, -0.1) is 0 Å². The molecule has 0 spiro atoms. The molecule has 0 aliphatic heterocycles. The smallest absolute Gasteiger partial charge is 0.143 e. The van der Waals surface area contributed by atoms with Crippen LogP contribution in [0.2, 0.25) is 0 Å². The molecule has 45 heavy (non-hydrogen) atoms. The molecule has 2 nitrogen and oxygen atoms in total. The van der Waals surface area contributed by atoms with Gasteiger partial charge in [0, 0.05) is 44.9 Å². The van der Waals surface area contributed by atoms with Crippen molar-refractivity contribution in [3.8, 4) is 22.3 Å². The van der Waals surface area contributed by atoms with E-state index >= 15 is 0 Å². The van der Waals surface area contributed by atoms with Crippen LogP contribution in [0.3, 0.4) is 0 Å². The maximum atomic E-state index is 6.83. The van der Waals surface area contributed by atoms with Crippen molar-refractivity contribution in [3.63, 3.8) is 0 Å². The van der Waals surface area contributed by atoms with Crippen LogP contribution >= 0.6 is 0 Å². The van der Waals surface area contributed by atoms with Crippen molar-refractivity contribution in [1.82, 2.24) is 0 Å². The van der Waals surface area contributed by atoms with Crippen molar-refractivity contribution in [2.24, 2.45) is 0 Å². The summed E-state index contributed by atoms with van der Waals surface area (Å²) >= 11 is 0. The molecule has 1 aromatic heterocycles. The van der Waals surface area contributed by atoms with Crippen molar-refractivity contribution >= 4 is 49.8 Å². The fourth-order valence-corrected chi connectivity index (χ4v) is 7.45. The van der Waals surface area contributed by atoms with Gasteiger partial charge in [-0.05, 0) is 81.1 Å². The average Bonchev–Trinajstić information content (AvgIpc) is 3.56. The monoisotopic (exact) mass is 577 g/mol. The van der Waals surface area contributed by atoms with Crippen LogP contribution in [-0.2, 0) is 5.41 Å². The van der Waals surface area contributed by atoms with Crippen molar-refractivity contribution in [3.05, 3.63) is 163 Å². The molecule has 0 radical (unpaired) electrons. The first-order chi connectivity index (χ1) is 22.1. The van der Waals surface area contributed by atoms with Crippen LogP contribution in [0.5, 0.6) is 0 Å². The van der Waals surface area contributed by atoms with E-state index in [0.29, 0.717) is 0 Å². The molecule has 7 aromatic carbocycles. The Kier molecular flexibility index (Phi) is 5.58. The Hall–Kier alpha value is -5.60. The highest BCUT2D eigenvalue weighted by Crippen LogP contribution is 2.51. The van der Waals surface area contributed by atoms with Gasteiger partial charge < -0.3 is 9.32 Å². The molecule has 0 N–H and O–H groups in total. The molecule has 0 fully saturated rings. The number of benzene rings is 7. The van der Waals surface area contributed by atoms with Gasteiger partial charge in [0.1, 0.15) is 11.2 Å². The largest absolute Gasteiger partial charge is 0.455 e. The molecule has 1 aliphatic rings. The molecule has 1 aliphatic carbocycles. The molecule has 8 aromatic rings. The van der Waals surface area contributed by atoms with Crippen LogP contribution < -0.4 is 4.90 Å². The summed E-state index contributed by atoms with van der Waals surface area (Å²) in [5.74, 6) is 0. The zero-order chi connectivity index (χ0) is 30.1. The Bertz CT molecular complexity index is 2400. The molecular weight excluding hydrogens is 546 g/mol. The van der Waals surface area contributed by atoms with E-state index in [1.807, 2.05) is 0 Å². The summed E-state index contributed by atoms with van der Waals surface area (Å²) < 4.78 is 6.83.